The summed E-state index contributed by atoms with van der Waals surface area (Å²) in [6.45, 7) is 10.3. The van der Waals surface area contributed by atoms with Crippen molar-refractivity contribution in [2.75, 3.05) is 0 Å². The van der Waals surface area contributed by atoms with Gasteiger partial charge in [0.2, 0.25) is 17.7 Å². The maximum atomic E-state index is 13.0. The minimum atomic E-state index is -0.930. The molecule has 178 valence electrons. The Balaban J connectivity index is 2.85. The average molecular weight is 449 g/mol. The largest absolute Gasteiger partial charge is 0.444 e. The fourth-order valence-corrected chi connectivity index (χ4v) is 2.86. The second kappa shape index (κ2) is 12.1. The van der Waals surface area contributed by atoms with E-state index < -0.39 is 47.5 Å². The van der Waals surface area contributed by atoms with Crippen LogP contribution in [0.5, 0.6) is 0 Å². The predicted molar refractivity (Wildman–Crippen MR) is 121 cm³/mol. The second-order valence-electron chi connectivity index (χ2n) is 8.89. The van der Waals surface area contributed by atoms with Gasteiger partial charge < -0.3 is 26.4 Å². The molecule has 1 aromatic rings. The summed E-state index contributed by atoms with van der Waals surface area (Å²) in [6, 6.07) is 6.41. The van der Waals surface area contributed by atoms with Crippen molar-refractivity contribution in [1.82, 2.24) is 16.0 Å². The van der Waals surface area contributed by atoms with Crippen LogP contribution in [-0.2, 0) is 25.5 Å². The summed E-state index contributed by atoms with van der Waals surface area (Å²) in [5, 5.41) is 7.78. The Morgan fingerprint density at radius 2 is 1.56 bits per heavy atom. The maximum Gasteiger partial charge on any atom is 0.408 e. The lowest BCUT2D eigenvalue weighted by molar-refractivity contribution is -0.133. The molecule has 0 saturated carbocycles. The summed E-state index contributed by atoms with van der Waals surface area (Å²) in [5.41, 5.74) is 5.63. The Morgan fingerprint density at radius 1 is 0.969 bits per heavy atom. The maximum absolute atomic E-state index is 13.0. The van der Waals surface area contributed by atoms with Gasteiger partial charge in [-0.1, -0.05) is 50.6 Å². The first kappa shape index (κ1) is 26.9. The molecule has 4 unspecified atom stereocenters. The van der Waals surface area contributed by atoms with Crippen LogP contribution in [0.15, 0.2) is 30.3 Å². The fourth-order valence-electron chi connectivity index (χ4n) is 2.86. The number of rotatable bonds is 10. The first-order valence-electron chi connectivity index (χ1n) is 10.8. The van der Waals surface area contributed by atoms with Gasteiger partial charge >= 0.3 is 6.09 Å². The molecule has 0 saturated heterocycles. The van der Waals surface area contributed by atoms with Gasteiger partial charge in [-0.25, -0.2) is 4.79 Å². The molecule has 1 rings (SSSR count). The van der Waals surface area contributed by atoms with Crippen LogP contribution >= 0.6 is 0 Å². The molecule has 4 atom stereocenters. The highest BCUT2D eigenvalue weighted by molar-refractivity contribution is 5.93. The van der Waals surface area contributed by atoms with Crippen LogP contribution in [0, 0.1) is 5.92 Å². The van der Waals surface area contributed by atoms with Crippen LogP contribution in [0.1, 0.15) is 53.5 Å². The third kappa shape index (κ3) is 9.36. The van der Waals surface area contributed by atoms with E-state index in [-0.39, 0.29) is 12.3 Å². The summed E-state index contributed by atoms with van der Waals surface area (Å²) in [6.07, 6.45) is 0.104. The molecule has 9 heteroatoms. The number of hydrogen-bond acceptors (Lipinski definition) is 5. The number of alkyl carbamates (subject to hydrolysis) is 1. The van der Waals surface area contributed by atoms with Gasteiger partial charge in [0.1, 0.15) is 23.7 Å². The summed E-state index contributed by atoms with van der Waals surface area (Å²) < 4.78 is 5.15. The van der Waals surface area contributed by atoms with Gasteiger partial charge in [0.05, 0.1) is 0 Å². The molecule has 0 aromatic heterocycles. The van der Waals surface area contributed by atoms with E-state index in [4.69, 9.17) is 10.5 Å². The second-order valence-corrected chi connectivity index (χ2v) is 8.89. The average Bonchev–Trinajstić information content (AvgIpc) is 2.69. The van der Waals surface area contributed by atoms with Gasteiger partial charge in [-0.15, -0.1) is 0 Å². The smallest absolute Gasteiger partial charge is 0.408 e. The van der Waals surface area contributed by atoms with E-state index in [2.05, 4.69) is 16.0 Å². The fraction of sp³-hybridized carbons (Fsp3) is 0.565. The van der Waals surface area contributed by atoms with E-state index in [0.717, 1.165) is 5.56 Å². The molecule has 0 heterocycles. The van der Waals surface area contributed by atoms with E-state index >= 15 is 0 Å². The highest BCUT2D eigenvalue weighted by atomic mass is 16.6. The summed E-state index contributed by atoms with van der Waals surface area (Å²) >= 11 is 0. The lowest BCUT2D eigenvalue weighted by Crippen LogP contribution is -2.58. The van der Waals surface area contributed by atoms with Crippen LogP contribution in [0.4, 0.5) is 4.79 Å². The highest BCUT2D eigenvalue weighted by Gasteiger charge is 2.31. The number of nitrogens with one attached hydrogen (secondary N) is 3. The van der Waals surface area contributed by atoms with Crippen molar-refractivity contribution in [2.45, 2.75) is 78.1 Å². The Kier molecular flexibility index (Phi) is 10.2. The van der Waals surface area contributed by atoms with Crippen molar-refractivity contribution in [3.8, 4) is 0 Å². The Labute approximate surface area is 189 Å². The summed E-state index contributed by atoms with van der Waals surface area (Å²) in [4.78, 5) is 49.5. The van der Waals surface area contributed by atoms with Crippen molar-refractivity contribution >= 4 is 23.8 Å². The molecular weight excluding hydrogens is 412 g/mol. The summed E-state index contributed by atoms with van der Waals surface area (Å²) in [7, 11) is 0. The number of carbonyl (C=O) groups excluding carboxylic acids is 4. The molecule has 0 fully saturated rings. The van der Waals surface area contributed by atoms with Crippen molar-refractivity contribution in [3.63, 3.8) is 0 Å². The number of benzene rings is 1. The molecule has 0 bridgehead atoms. The molecule has 5 N–H and O–H groups in total. The SMILES string of the molecule is CCC(C)C(NC(=O)C(C)NC(=O)OC(C)(C)C)C(=O)NC(Cc1ccccc1)C(N)=O. The number of hydrogen-bond donors (Lipinski definition) is 4. The zero-order valence-electron chi connectivity index (χ0n) is 19.7. The molecule has 0 aliphatic rings. The number of carbonyl (C=O) groups is 4. The molecule has 9 nitrogen and oxygen atoms in total. The van der Waals surface area contributed by atoms with Crippen molar-refractivity contribution < 1.29 is 23.9 Å². The van der Waals surface area contributed by atoms with Crippen LogP contribution in [0.25, 0.3) is 0 Å². The van der Waals surface area contributed by atoms with Crippen LogP contribution < -0.4 is 21.7 Å². The molecule has 1 aromatic carbocycles. The molecule has 0 radical (unpaired) electrons. The molecule has 32 heavy (non-hydrogen) atoms. The lowest BCUT2D eigenvalue weighted by Gasteiger charge is -2.27. The topological polar surface area (TPSA) is 140 Å². The van der Waals surface area contributed by atoms with Gasteiger partial charge in [0.15, 0.2) is 0 Å². The zero-order valence-corrected chi connectivity index (χ0v) is 19.7. The van der Waals surface area contributed by atoms with Crippen LogP contribution in [-0.4, -0.2) is 47.5 Å². The van der Waals surface area contributed by atoms with Crippen LogP contribution in [0.3, 0.4) is 0 Å². The number of amides is 4. The van der Waals surface area contributed by atoms with Crippen molar-refractivity contribution in [2.24, 2.45) is 11.7 Å². The van der Waals surface area contributed by atoms with Gasteiger partial charge in [0, 0.05) is 6.42 Å². The van der Waals surface area contributed by atoms with E-state index in [1.165, 1.54) is 6.92 Å². The van der Waals surface area contributed by atoms with E-state index in [1.807, 2.05) is 44.2 Å². The molecule has 0 aliphatic heterocycles. The summed E-state index contributed by atoms with van der Waals surface area (Å²) in [5.74, 6) is -1.96. The van der Waals surface area contributed by atoms with Gasteiger partial charge in [-0.2, -0.15) is 0 Å². The minimum Gasteiger partial charge on any atom is -0.444 e. The Morgan fingerprint density at radius 3 is 2.06 bits per heavy atom. The van der Waals surface area contributed by atoms with Gasteiger partial charge in [-0.3, -0.25) is 14.4 Å². The Hall–Kier alpha value is -3.10. The third-order valence-corrected chi connectivity index (χ3v) is 4.86. The van der Waals surface area contributed by atoms with Gasteiger partial charge in [0.25, 0.3) is 0 Å². The quantitative estimate of drug-likeness (QED) is 0.431. The zero-order chi connectivity index (χ0) is 24.5. The first-order chi connectivity index (χ1) is 14.8. The van der Waals surface area contributed by atoms with E-state index in [1.54, 1.807) is 20.8 Å². The van der Waals surface area contributed by atoms with Crippen molar-refractivity contribution in [1.29, 1.82) is 0 Å². The lowest BCUT2D eigenvalue weighted by atomic mass is 9.97. The molecule has 4 amide bonds. The van der Waals surface area contributed by atoms with E-state index in [0.29, 0.717) is 6.42 Å². The third-order valence-electron chi connectivity index (χ3n) is 4.86. The number of ether oxygens (including phenoxy) is 1. The Bertz CT molecular complexity index is 791. The normalized spacial score (nSPS) is 14.9. The predicted octanol–water partition coefficient (Wildman–Crippen LogP) is 1.64. The van der Waals surface area contributed by atoms with E-state index in [9.17, 15) is 19.2 Å². The monoisotopic (exact) mass is 448 g/mol. The number of nitrogens with two attached hydrogens (primary N) is 1. The van der Waals surface area contributed by atoms with Gasteiger partial charge in [-0.05, 0) is 39.2 Å². The van der Waals surface area contributed by atoms with Crippen LogP contribution in [0.2, 0.25) is 0 Å². The molecule has 0 spiro atoms. The number of primary amides is 1. The molecule has 0 aliphatic carbocycles. The standard InChI is InChI=1S/C23H36N4O5/c1-7-14(2)18(27-20(29)15(3)25-22(31)32-23(4,5)6)21(30)26-17(19(24)28)13-16-11-9-8-10-12-16/h8-12,14-15,17-18H,7,13H2,1-6H3,(H2,24,28)(H,25,31)(H,26,30)(H,27,29). The molecular formula is C23H36N4O5. The highest BCUT2D eigenvalue weighted by Crippen LogP contribution is 2.11. The first-order valence-corrected chi connectivity index (χ1v) is 10.8. The minimum absolute atomic E-state index is 0.224. The van der Waals surface area contributed by atoms with Crippen molar-refractivity contribution in [3.05, 3.63) is 35.9 Å².